The zero-order chi connectivity index (χ0) is 11.5. The Kier molecular flexibility index (Phi) is 3.58. The smallest absolute Gasteiger partial charge is 0.0622 e. The monoisotopic (exact) mass is 224 g/mol. The molecular formula is C11H20N4O. The van der Waals surface area contributed by atoms with E-state index in [2.05, 4.69) is 17.0 Å². The second kappa shape index (κ2) is 4.95. The van der Waals surface area contributed by atoms with Gasteiger partial charge in [-0.25, -0.2) is 0 Å². The fraction of sp³-hybridized carbons (Fsp3) is 0.727. The maximum Gasteiger partial charge on any atom is 0.0622 e. The van der Waals surface area contributed by atoms with Crippen LogP contribution in [-0.2, 0) is 11.8 Å². The first-order valence-electron chi connectivity index (χ1n) is 5.69. The Hall–Kier alpha value is -0.910. The van der Waals surface area contributed by atoms with E-state index in [4.69, 9.17) is 10.5 Å². The second-order valence-corrected chi connectivity index (χ2v) is 4.51. The molecule has 2 unspecified atom stereocenters. The van der Waals surface area contributed by atoms with Gasteiger partial charge in [-0.05, 0) is 13.5 Å². The summed E-state index contributed by atoms with van der Waals surface area (Å²) in [6.07, 6.45) is 4.92. The zero-order valence-corrected chi connectivity index (χ0v) is 9.97. The molecule has 0 amide bonds. The molecular weight excluding hydrogens is 204 g/mol. The van der Waals surface area contributed by atoms with Crippen LogP contribution in [0.2, 0.25) is 0 Å². The predicted octanol–water partition coefficient (Wildman–Crippen LogP) is 0.141. The number of rotatable bonds is 4. The Morgan fingerprint density at radius 1 is 1.75 bits per heavy atom. The summed E-state index contributed by atoms with van der Waals surface area (Å²) in [6.45, 7) is 2.55. The van der Waals surface area contributed by atoms with Crippen LogP contribution in [0.1, 0.15) is 18.0 Å². The van der Waals surface area contributed by atoms with Crippen molar-refractivity contribution in [3.63, 3.8) is 0 Å². The zero-order valence-electron chi connectivity index (χ0n) is 9.97. The van der Waals surface area contributed by atoms with Crippen LogP contribution in [0.15, 0.2) is 12.4 Å². The molecule has 1 aliphatic rings. The Balaban J connectivity index is 1.88. The van der Waals surface area contributed by atoms with Crippen molar-refractivity contribution in [3.05, 3.63) is 18.0 Å². The van der Waals surface area contributed by atoms with Crippen LogP contribution in [0.5, 0.6) is 0 Å². The predicted molar refractivity (Wildman–Crippen MR) is 62.0 cm³/mol. The number of ether oxygens (including phenoxy) is 1. The topological polar surface area (TPSA) is 56.3 Å². The van der Waals surface area contributed by atoms with Crippen LogP contribution in [0.3, 0.4) is 0 Å². The van der Waals surface area contributed by atoms with E-state index in [0.29, 0.717) is 6.04 Å². The van der Waals surface area contributed by atoms with Crippen LogP contribution in [0.4, 0.5) is 0 Å². The Morgan fingerprint density at radius 2 is 2.56 bits per heavy atom. The van der Waals surface area contributed by atoms with Crippen molar-refractivity contribution in [2.45, 2.75) is 18.5 Å². The second-order valence-electron chi connectivity index (χ2n) is 4.51. The highest BCUT2D eigenvalue weighted by molar-refractivity contribution is 5.10. The lowest BCUT2D eigenvalue weighted by molar-refractivity contribution is 0.156. The van der Waals surface area contributed by atoms with Gasteiger partial charge in [-0.2, -0.15) is 5.10 Å². The normalized spacial score (nSPS) is 22.9. The SMILES string of the molecule is CN(CC(N)c1cnn(C)c1)C1CCOC1. The Labute approximate surface area is 96.2 Å². The molecule has 1 aliphatic heterocycles. The van der Waals surface area contributed by atoms with Crippen LogP contribution in [-0.4, -0.2) is 47.5 Å². The number of nitrogens with zero attached hydrogens (tertiary/aromatic N) is 3. The number of aromatic nitrogens is 2. The molecule has 0 saturated carbocycles. The van der Waals surface area contributed by atoms with E-state index in [1.165, 1.54) is 0 Å². The van der Waals surface area contributed by atoms with Crippen molar-refractivity contribution in [2.24, 2.45) is 12.8 Å². The maximum absolute atomic E-state index is 6.14. The summed E-state index contributed by atoms with van der Waals surface area (Å²) in [5, 5.41) is 4.14. The maximum atomic E-state index is 6.14. The minimum Gasteiger partial charge on any atom is -0.380 e. The van der Waals surface area contributed by atoms with Gasteiger partial charge in [0.15, 0.2) is 0 Å². The molecule has 1 aromatic heterocycles. The summed E-state index contributed by atoms with van der Waals surface area (Å²) >= 11 is 0. The molecule has 0 bridgehead atoms. The number of hydrogen-bond acceptors (Lipinski definition) is 4. The molecule has 1 saturated heterocycles. The fourth-order valence-electron chi connectivity index (χ4n) is 2.07. The van der Waals surface area contributed by atoms with Crippen molar-refractivity contribution >= 4 is 0 Å². The minimum absolute atomic E-state index is 0.0271. The van der Waals surface area contributed by atoms with Gasteiger partial charge in [-0.3, -0.25) is 9.58 Å². The molecule has 0 aromatic carbocycles. The van der Waals surface area contributed by atoms with Crippen LogP contribution in [0, 0.1) is 0 Å². The van der Waals surface area contributed by atoms with Gasteiger partial charge in [-0.15, -0.1) is 0 Å². The molecule has 0 radical (unpaired) electrons. The number of aryl methyl sites for hydroxylation is 1. The van der Waals surface area contributed by atoms with Crippen molar-refractivity contribution < 1.29 is 4.74 Å². The van der Waals surface area contributed by atoms with E-state index in [-0.39, 0.29) is 6.04 Å². The van der Waals surface area contributed by atoms with Gasteiger partial charge >= 0.3 is 0 Å². The van der Waals surface area contributed by atoms with Gasteiger partial charge in [0.05, 0.1) is 12.8 Å². The average Bonchev–Trinajstić information content (AvgIpc) is 2.87. The number of hydrogen-bond donors (Lipinski definition) is 1. The van der Waals surface area contributed by atoms with Gasteiger partial charge in [0, 0.05) is 44.0 Å². The minimum atomic E-state index is 0.0271. The molecule has 2 N–H and O–H groups in total. The summed E-state index contributed by atoms with van der Waals surface area (Å²) in [4.78, 5) is 2.28. The summed E-state index contributed by atoms with van der Waals surface area (Å²) in [5.41, 5.74) is 7.23. The van der Waals surface area contributed by atoms with Gasteiger partial charge in [0.2, 0.25) is 0 Å². The summed E-state index contributed by atoms with van der Waals surface area (Å²) in [5.74, 6) is 0. The molecule has 0 spiro atoms. The summed E-state index contributed by atoms with van der Waals surface area (Å²) < 4.78 is 7.16. The number of likely N-dealkylation sites (N-methyl/N-ethyl adjacent to an activating group) is 1. The number of nitrogens with two attached hydrogens (primary N) is 1. The third kappa shape index (κ3) is 2.61. The molecule has 90 valence electrons. The van der Waals surface area contributed by atoms with Crippen LogP contribution in [0.25, 0.3) is 0 Å². The van der Waals surface area contributed by atoms with E-state index in [1.807, 2.05) is 19.4 Å². The lowest BCUT2D eigenvalue weighted by Gasteiger charge is -2.25. The molecule has 16 heavy (non-hydrogen) atoms. The highest BCUT2D eigenvalue weighted by atomic mass is 16.5. The summed E-state index contributed by atoms with van der Waals surface area (Å²) in [6, 6.07) is 0.544. The van der Waals surface area contributed by atoms with Crippen molar-refractivity contribution in [1.82, 2.24) is 14.7 Å². The van der Waals surface area contributed by atoms with Gasteiger partial charge in [0.25, 0.3) is 0 Å². The van der Waals surface area contributed by atoms with Gasteiger partial charge < -0.3 is 10.5 Å². The first kappa shape index (κ1) is 11.6. The van der Waals surface area contributed by atoms with E-state index in [1.54, 1.807) is 4.68 Å². The third-order valence-electron chi connectivity index (χ3n) is 3.17. The lowest BCUT2D eigenvalue weighted by Crippen LogP contribution is -2.37. The standard InChI is InChI=1S/C11H20N4O/c1-14(10-3-4-16-8-10)7-11(12)9-5-13-15(2)6-9/h5-6,10-11H,3-4,7-8,12H2,1-2H3. The highest BCUT2D eigenvalue weighted by Crippen LogP contribution is 2.15. The van der Waals surface area contributed by atoms with E-state index in [9.17, 15) is 0 Å². The van der Waals surface area contributed by atoms with Crippen LogP contribution >= 0.6 is 0 Å². The van der Waals surface area contributed by atoms with Crippen LogP contribution < -0.4 is 5.73 Å². The fourth-order valence-corrected chi connectivity index (χ4v) is 2.07. The van der Waals surface area contributed by atoms with E-state index < -0.39 is 0 Å². The Morgan fingerprint density at radius 3 is 3.12 bits per heavy atom. The average molecular weight is 224 g/mol. The lowest BCUT2D eigenvalue weighted by atomic mass is 10.1. The van der Waals surface area contributed by atoms with E-state index >= 15 is 0 Å². The quantitative estimate of drug-likeness (QED) is 0.790. The first-order chi connectivity index (χ1) is 7.66. The molecule has 2 heterocycles. The molecule has 5 nitrogen and oxygen atoms in total. The molecule has 5 heteroatoms. The molecule has 1 fully saturated rings. The summed E-state index contributed by atoms with van der Waals surface area (Å²) in [7, 11) is 4.01. The van der Waals surface area contributed by atoms with Crippen molar-refractivity contribution in [3.8, 4) is 0 Å². The van der Waals surface area contributed by atoms with Crippen molar-refractivity contribution in [2.75, 3.05) is 26.8 Å². The third-order valence-corrected chi connectivity index (χ3v) is 3.17. The Bertz CT molecular complexity index is 332. The van der Waals surface area contributed by atoms with Crippen molar-refractivity contribution in [1.29, 1.82) is 0 Å². The van der Waals surface area contributed by atoms with E-state index in [0.717, 1.165) is 31.7 Å². The molecule has 2 rings (SSSR count). The molecule has 2 atom stereocenters. The molecule has 1 aromatic rings. The largest absolute Gasteiger partial charge is 0.380 e. The van der Waals surface area contributed by atoms with Gasteiger partial charge in [0.1, 0.15) is 0 Å². The highest BCUT2D eigenvalue weighted by Gasteiger charge is 2.22. The molecule has 0 aliphatic carbocycles. The van der Waals surface area contributed by atoms with Gasteiger partial charge in [-0.1, -0.05) is 0 Å². The first-order valence-corrected chi connectivity index (χ1v) is 5.69.